The summed E-state index contributed by atoms with van der Waals surface area (Å²) in [4.78, 5) is 18.4. The number of carbonyl (C=O) groups is 1. The smallest absolute Gasteiger partial charge is 0.407 e. The first-order valence-corrected chi connectivity index (χ1v) is 8.85. The fourth-order valence-corrected chi connectivity index (χ4v) is 3.03. The van der Waals surface area contributed by atoms with Crippen molar-refractivity contribution in [1.82, 2.24) is 15.5 Å². The van der Waals surface area contributed by atoms with Gasteiger partial charge in [-0.05, 0) is 38.0 Å². The van der Waals surface area contributed by atoms with Gasteiger partial charge in [0.05, 0.1) is 6.61 Å². The van der Waals surface area contributed by atoms with E-state index in [0.717, 1.165) is 25.5 Å². The molecule has 0 aromatic heterocycles. The Bertz CT molecular complexity index is 385. The Hall–Kier alpha value is -1.46. The molecule has 134 valence electrons. The molecule has 2 N–H and O–H groups in total. The van der Waals surface area contributed by atoms with Gasteiger partial charge in [0.1, 0.15) is 0 Å². The van der Waals surface area contributed by atoms with Gasteiger partial charge in [0, 0.05) is 32.7 Å². The number of hydrogen-bond acceptors (Lipinski definition) is 3. The second-order valence-electron chi connectivity index (χ2n) is 6.81. The second kappa shape index (κ2) is 10.3. The van der Waals surface area contributed by atoms with E-state index in [1.165, 1.54) is 12.8 Å². The van der Waals surface area contributed by atoms with Crippen molar-refractivity contribution in [3.63, 3.8) is 0 Å². The van der Waals surface area contributed by atoms with Gasteiger partial charge in [0.15, 0.2) is 5.96 Å². The van der Waals surface area contributed by atoms with E-state index in [0.29, 0.717) is 25.0 Å². The Kier molecular flexibility index (Phi) is 8.81. The number of guanidine groups is 1. The van der Waals surface area contributed by atoms with E-state index in [-0.39, 0.29) is 12.1 Å². The van der Waals surface area contributed by atoms with E-state index in [9.17, 15) is 4.79 Å². The van der Waals surface area contributed by atoms with Crippen LogP contribution in [0.4, 0.5) is 4.79 Å². The highest BCUT2D eigenvalue weighted by Crippen LogP contribution is 2.15. The summed E-state index contributed by atoms with van der Waals surface area (Å²) in [7, 11) is 1.82. The fraction of sp³-hybridized carbons (Fsp3) is 0.882. The van der Waals surface area contributed by atoms with Gasteiger partial charge in [-0.3, -0.25) is 4.99 Å². The van der Waals surface area contributed by atoms with E-state index < -0.39 is 0 Å². The maximum Gasteiger partial charge on any atom is 0.407 e. The zero-order chi connectivity index (χ0) is 17.2. The third kappa shape index (κ3) is 7.57. The number of rotatable bonds is 6. The van der Waals surface area contributed by atoms with E-state index in [4.69, 9.17) is 4.74 Å². The third-order valence-electron chi connectivity index (χ3n) is 4.03. The zero-order valence-corrected chi connectivity index (χ0v) is 15.4. The van der Waals surface area contributed by atoms with Crippen LogP contribution >= 0.6 is 0 Å². The third-order valence-corrected chi connectivity index (χ3v) is 4.03. The minimum absolute atomic E-state index is 0.0352. The molecule has 1 aliphatic rings. The molecule has 1 rings (SSSR count). The number of carbonyl (C=O) groups excluding carboxylic acids is 1. The molecule has 1 fully saturated rings. The minimum atomic E-state index is -0.346. The quantitative estimate of drug-likeness (QED) is 0.581. The van der Waals surface area contributed by atoms with E-state index in [1.807, 2.05) is 14.0 Å². The minimum Gasteiger partial charge on any atom is -0.450 e. The topological polar surface area (TPSA) is 66.0 Å². The summed E-state index contributed by atoms with van der Waals surface area (Å²) in [5, 5.41) is 6.36. The van der Waals surface area contributed by atoms with Crippen LogP contribution in [-0.4, -0.2) is 56.3 Å². The van der Waals surface area contributed by atoms with Gasteiger partial charge in [-0.25, -0.2) is 4.79 Å². The first-order valence-electron chi connectivity index (χ1n) is 8.85. The van der Waals surface area contributed by atoms with Crippen LogP contribution in [0.5, 0.6) is 0 Å². The number of nitrogens with one attached hydrogen (secondary N) is 2. The Morgan fingerprint density at radius 3 is 2.74 bits per heavy atom. The van der Waals surface area contributed by atoms with Crippen molar-refractivity contribution >= 4 is 12.1 Å². The van der Waals surface area contributed by atoms with E-state index in [2.05, 4.69) is 41.3 Å². The lowest BCUT2D eigenvalue weighted by atomic mass is 10.0. The van der Waals surface area contributed by atoms with Gasteiger partial charge in [-0.15, -0.1) is 0 Å². The summed E-state index contributed by atoms with van der Waals surface area (Å²) in [6, 6.07) is 0.0352. The molecule has 2 atom stereocenters. The Balaban J connectivity index is 2.54. The molecular formula is C17H34N4O2. The lowest BCUT2D eigenvalue weighted by molar-refractivity contribution is 0.146. The molecule has 0 saturated carbocycles. The van der Waals surface area contributed by atoms with Crippen LogP contribution < -0.4 is 10.6 Å². The molecule has 1 heterocycles. The van der Waals surface area contributed by atoms with Gasteiger partial charge in [0.25, 0.3) is 0 Å². The SMILES string of the molecule is CCOC(=O)NC(CNC(=NC)N1CCCC(C)C1)CC(C)C. The van der Waals surface area contributed by atoms with Gasteiger partial charge in [0.2, 0.25) is 0 Å². The molecule has 6 nitrogen and oxygen atoms in total. The molecule has 1 saturated heterocycles. The average Bonchev–Trinajstić information content (AvgIpc) is 2.47. The molecule has 0 spiro atoms. The number of ether oxygens (including phenoxy) is 1. The van der Waals surface area contributed by atoms with Crippen molar-refractivity contribution in [3.05, 3.63) is 0 Å². The molecule has 1 aliphatic heterocycles. The molecule has 0 aromatic carbocycles. The van der Waals surface area contributed by atoms with Crippen molar-refractivity contribution in [2.24, 2.45) is 16.8 Å². The van der Waals surface area contributed by atoms with Crippen molar-refractivity contribution in [3.8, 4) is 0 Å². The Labute approximate surface area is 141 Å². The molecule has 6 heteroatoms. The van der Waals surface area contributed by atoms with Crippen molar-refractivity contribution in [1.29, 1.82) is 0 Å². The van der Waals surface area contributed by atoms with Gasteiger partial charge in [-0.1, -0.05) is 20.8 Å². The summed E-state index contributed by atoms with van der Waals surface area (Å²) in [5.41, 5.74) is 0. The molecule has 0 radical (unpaired) electrons. The maximum atomic E-state index is 11.7. The summed E-state index contributed by atoms with van der Waals surface area (Å²) in [6.07, 6.45) is 3.05. The number of likely N-dealkylation sites (tertiary alicyclic amines) is 1. The monoisotopic (exact) mass is 326 g/mol. The lowest BCUT2D eigenvalue weighted by Crippen LogP contribution is -2.51. The second-order valence-corrected chi connectivity index (χ2v) is 6.81. The molecule has 23 heavy (non-hydrogen) atoms. The largest absolute Gasteiger partial charge is 0.450 e. The highest BCUT2D eigenvalue weighted by molar-refractivity contribution is 5.80. The van der Waals surface area contributed by atoms with Crippen molar-refractivity contribution < 1.29 is 9.53 Å². The summed E-state index contributed by atoms with van der Waals surface area (Å²) < 4.78 is 5.00. The summed E-state index contributed by atoms with van der Waals surface area (Å²) in [5.74, 6) is 2.13. The van der Waals surface area contributed by atoms with Crippen molar-refractivity contribution in [2.75, 3.05) is 33.3 Å². The number of hydrogen-bond donors (Lipinski definition) is 2. The Morgan fingerprint density at radius 2 is 2.17 bits per heavy atom. The molecular weight excluding hydrogens is 292 g/mol. The molecule has 0 aliphatic carbocycles. The Morgan fingerprint density at radius 1 is 1.43 bits per heavy atom. The van der Waals surface area contributed by atoms with Gasteiger partial charge < -0.3 is 20.3 Å². The highest BCUT2D eigenvalue weighted by atomic mass is 16.5. The predicted molar refractivity (Wildman–Crippen MR) is 94.7 cm³/mol. The fourth-order valence-electron chi connectivity index (χ4n) is 3.03. The predicted octanol–water partition coefficient (Wildman–Crippen LogP) is 2.45. The normalized spacial score (nSPS) is 20.3. The van der Waals surface area contributed by atoms with Crippen LogP contribution in [0.3, 0.4) is 0 Å². The van der Waals surface area contributed by atoms with Crippen LogP contribution in [0.1, 0.15) is 47.0 Å². The average molecular weight is 326 g/mol. The van der Waals surface area contributed by atoms with Gasteiger partial charge in [-0.2, -0.15) is 0 Å². The molecule has 2 unspecified atom stereocenters. The van der Waals surface area contributed by atoms with Crippen LogP contribution in [0.25, 0.3) is 0 Å². The maximum absolute atomic E-state index is 11.7. The zero-order valence-electron chi connectivity index (χ0n) is 15.4. The molecule has 0 aromatic rings. The van der Waals surface area contributed by atoms with Crippen LogP contribution in [0.15, 0.2) is 4.99 Å². The summed E-state index contributed by atoms with van der Waals surface area (Å²) in [6.45, 7) is 11.5. The molecule has 0 bridgehead atoms. The van der Waals surface area contributed by atoms with E-state index >= 15 is 0 Å². The van der Waals surface area contributed by atoms with Crippen LogP contribution in [0, 0.1) is 11.8 Å². The van der Waals surface area contributed by atoms with Crippen molar-refractivity contribution in [2.45, 2.75) is 53.0 Å². The van der Waals surface area contributed by atoms with Gasteiger partial charge >= 0.3 is 6.09 Å². The number of alkyl carbamates (subject to hydrolysis) is 1. The number of aliphatic imine (C=N–C) groups is 1. The standard InChI is InChI=1S/C17H34N4O2/c1-6-23-17(22)20-15(10-13(2)3)11-19-16(18-5)21-9-7-8-14(4)12-21/h13-15H,6-12H2,1-5H3,(H,18,19)(H,20,22). The molecule has 1 amide bonds. The number of amides is 1. The van der Waals surface area contributed by atoms with Crippen LogP contribution in [0.2, 0.25) is 0 Å². The first-order chi connectivity index (χ1) is 11.0. The van der Waals surface area contributed by atoms with E-state index in [1.54, 1.807) is 0 Å². The number of piperidine rings is 1. The lowest BCUT2D eigenvalue weighted by Gasteiger charge is -2.34. The highest BCUT2D eigenvalue weighted by Gasteiger charge is 2.21. The summed E-state index contributed by atoms with van der Waals surface area (Å²) >= 11 is 0. The van der Waals surface area contributed by atoms with Crippen LogP contribution in [-0.2, 0) is 4.74 Å². The first kappa shape index (κ1) is 19.6. The number of nitrogens with zero attached hydrogens (tertiary/aromatic N) is 2.